The van der Waals surface area contributed by atoms with Gasteiger partial charge in [0, 0.05) is 23.9 Å². The number of aliphatic hydroxyl groups is 1. The number of piperidine rings is 1. The Balaban J connectivity index is 1.57. The summed E-state index contributed by atoms with van der Waals surface area (Å²) < 4.78 is 0. The molecule has 1 saturated heterocycles. The van der Waals surface area contributed by atoms with E-state index in [2.05, 4.69) is 10.3 Å². The Hall–Kier alpha value is -3.25. The summed E-state index contributed by atoms with van der Waals surface area (Å²) in [6.45, 7) is 0. The van der Waals surface area contributed by atoms with Gasteiger partial charge in [-0.3, -0.25) is 19.9 Å². The summed E-state index contributed by atoms with van der Waals surface area (Å²) in [6.07, 6.45) is 7.32. The Morgan fingerprint density at radius 3 is 2.63 bits per heavy atom. The molecule has 2 aliphatic heterocycles. The van der Waals surface area contributed by atoms with Gasteiger partial charge in [0.05, 0.1) is 17.3 Å². The van der Waals surface area contributed by atoms with E-state index in [-0.39, 0.29) is 11.8 Å². The first-order chi connectivity index (χ1) is 13.1. The molecule has 6 nitrogen and oxygen atoms in total. The normalized spacial score (nSPS) is 22.0. The number of carbonyl (C=O) groups is 2. The number of nitrogens with zero attached hydrogens (tertiary/aromatic N) is 2. The Kier molecular flexibility index (Phi) is 4.56. The van der Waals surface area contributed by atoms with E-state index in [0.717, 1.165) is 16.9 Å². The molecule has 1 aromatic heterocycles. The molecule has 27 heavy (non-hydrogen) atoms. The number of hydrogen-bond acceptors (Lipinski definition) is 5. The van der Waals surface area contributed by atoms with Crippen molar-refractivity contribution < 1.29 is 14.7 Å². The molecule has 2 amide bonds. The molecule has 3 heterocycles. The second-order valence-electron chi connectivity index (χ2n) is 6.55. The van der Waals surface area contributed by atoms with Gasteiger partial charge in [0.2, 0.25) is 11.8 Å². The number of pyridine rings is 1. The zero-order valence-electron chi connectivity index (χ0n) is 14.6. The molecule has 2 N–H and O–H groups in total. The van der Waals surface area contributed by atoms with E-state index < -0.39 is 12.1 Å². The minimum absolute atomic E-state index is 0.230. The number of nitrogens with one attached hydrogen (secondary N) is 1. The Morgan fingerprint density at radius 2 is 1.89 bits per heavy atom. The predicted octanol–water partition coefficient (Wildman–Crippen LogP) is 2.48. The number of aromatic nitrogens is 1. The van der Waals surface area contributed by atoms with Crippen LogP contribution in [-0.2, 0) is 9.59 Å². The van der Waals surface area contributed by atoms with Gasteiger partial charge >= 0.3 is 0 Å². The van der Waals surface area contributed by atoms with Crippen LogP contribution in [0.1, 0.15) is 24.5 Å². The quantitative estimate of drug-likeness (QED) is 0.821. The van der Waals surface area contributed by atoms with Crippen LogP contribution < -0.4 is 10.2 Å². The van der Waals surface area contributed by atoms with Gasteiger partial charge in [0.15, 0.2) is 0 Å². The van der Waals surface area contributed by atoms with Gasteiger partial charge < -0.3 is 10.0 Å². The van der Waals surface area contributed by atoms with Crippen molar-refractivity contribution in [3.8, 4) is 11.3 Å². The summed E-state index contributed by atoms with van der Waals surface area (Å²) in [6, 6.07) is 13.3. The van der Waals surface area contributed by atoms with Crippen molar-refractivity contribution in [3.05, 3.63) is 72.6 Å². The topological polar surface area (TPSA) is 82.5 Å². The van der Waals surface area contributed by atoms with Crippen molar-refractivity contribution in [1.29, 1.82) is 0 Å². The molecule has 2 atom stereocenters. The summed E-state index contributed by atoms with van der Waals surface area (Å²) in [5, 5.41) is 12.4. The number of hydrogen-bond donors (Lipinski definition) is 2. The highest BCUT2D eigenvalue weighted by atomic mass is 16.3. The first kappa shape index (κ1) is 17.2. The van der Waals surface area contributed by atoms with E-state index in [4.69, 9.17) is 0 Å². The second kappa shape index (κ2) is 7.17. The molecule has 6 heteroatoms. The molecule has 0 aliphatic carbocycles. The molecule has 136 valence electrons. The number of amides is 2. The molecular weight excluding hydrogens is 342 g/mol. The number of anilines is 1. The predicted molar refractivity (Wildman–Crippen MR) is 102 cm³/mol. The van der Waals surface area contributed by atoms with Crippen molar-refractivity contribution in [2.75, 3.05) is 4.90 Å². The van der Waals surface area contributed by atoms with Crippen LogP contribution in [-0.4, -0.2) is 28.1 Å². The minimum atomic E-state index is -0.685. The van der Waals surface area contributed by atoms with Crippen LogP contribution in [0.25, 0.3) is 11.3 Å². The largest absolute Gasteiger partial charge is 0.370 e. The monoisotopic (exact) mass is 361 g/mol. The van der Waals surface area contributed by atoms with Gasteiger partial charge in [-0.05, 0) is 42.8 Å². The molecule has 0 saturated carbocycles. The molecule has 4 rings (SSSR count). The van der Waals surface area contributed by atoms with Crippen molar-refractivity contribution in [2.45, 2.75) is 25.0 Å². The first-order valence-electron chi connectivity index (χ1n) is 8.84. The Morgan fingerprint density at radius 1 is 1.07 bits per heavy atom. The first-order valence-corrected chi connectivity index (χ1v) is 8.84. The van der Waals surface area contributed by atoms with Crippen LogP contribution in [0.3, 0.4) is 0 Å². The highest BCUT2D eigenvalue weighted by Gasteiger charge is 2.29. The Labute approximate surface area is 156 Å². The van der Waals surface area contributed by atoms with Gasteiger partial charge in [-0.1, -0.05) is 24.3 Å². The fourth-order valence-electron chi connectivity index (χ4n) is 3.31. The van der Waals surface area contributed by atoms with Crippen LogP contribution in [0, 0.1) is 0 Å². The maximum Gasteiger partial charge on any atom is 0.235 e. The zero-order chi connectivity index (χ0) is 18.8. The minimum Gasteiger partial charge on any atom is -0.370 e. The molecule has 2 unspecified atom stereocenters. The highest BCUT2D eigenvalue weighted by molar-refractivity contribution is 6.00. The van der Waals surface area contributed by atoms with E-state index >= 15 is 0 Å². The Bertz CT molecular complexity index is 934. The summed E-state index contributed by atoms with van der Waals surface area (Å²) in [5.41, 5.74) is 3.21. The van der Waals surface area contributed by atoms with E-state index in [1.54, 1.807) is 17.1 Å². The third-order valence-corrected chi connectivity index (χ3v) is 4.75. The van der Waals surface area contributed by atoms with Gasteiger partial charge in [0.25, 0.3) is 0 Å². The number of rotatable bonds is 3. The molecule has 0 spiro atoms. The summed E-state index contributed by atoms with van der Waals surface area (Å²) in [5.74, 6) is -0.917. The summed E-state index contributed by atoms with van der Waals surface area (Å²) in [7, 11) is 0. The van der Waals surface area contributed by atoms with Gasteiger partial charge in [-0.15, -0.1) is 0 Å². The van der Waals surface area contributed by atoms with Crippen LogP contribution >= 0.6 is 0 Å². The lowest BCUT2D eigenvalue weighted by atomic mass is 9.94. The number of aliphatic hydroxyl groups excluding tert-OH is 1. The number of benzene rings is 1. The maximum absolute atomic E-state index is 12.1. The lowest BCUT2D eigenvalue weighted by molar-refractivity contribution is -0.134. The second-order valence-corrected chi connectivity index (χ2v) is 6.55. The van der Waals surface area contributed by atoms with Crippen LogP contribution in [0.2, 0.25) is 0 Å². The standard InChI is InChI=1S/C21H19N3O3/c25-19-12-11-16(21(27)23-19)18-5-3-4-17(22-18)14-7-9-15(10-8-14)24-13-2-1-6-20(24)26/h1-10,13,16,20,26H,11-12H2,(H,23,25,27). The third kappa shape index (κ3) is 3.52. The average Bonchev–Trinajstić information content (AvgIpc) is 2.69. The number of carbonyl (C=O) groups excluding carboxylic acids is 2. The van der Waals surface area contributed by atoms with E-state index in [1.165, 1.54) is 0 Å². The molecule has 1 fully saturated rings. The van der Waals surface area contributed by atoms with Crippen molar-refractivity contribution >= 4 is 17.5 Å². The van der Waals surface area contributed by atoms with Crippen molar-refractivity contribution in [2.24, 2.45) is 0 Å². The smallest absolute Gasteiger partial charge is 0.235 e. The van der Waals surface area contributed by atoms with Gasteiger partial charge in [-0.25, -0.2) is 0 Å². The maximum atomic E-state index is 12.1. The van der Waals surface area contributed by atoms with Crippen LogP contribution in [0.5, 0.6) is 0 Å². The molecule has 2 aliphatic rings. The number of imide groups is 1. The lowest BCUT2D eigenvalue weighted by Gasteiger charge is -2.26. The molecule has 0 radical (unpaired) electrons. The van der Waals surface area contributed by atoms with Crippen LogP contribution in [0.4, 0.5) is 5.69 Å². The van der Waals surface area contributed by atoms with Gasteiger partial charge in [0.1, 0.15) is 6.23 Å². The highest BCUT2D eigenvalue weighted by Crippen LogP contribution is 2.28. The lowest BCUT2D eigenvalue weighted by Crippen LogP contribution is -2.39. The summed E-state index contributed by atoms with van der Waals surface area (Å²) in [4.78, 5) is 29.8. The van der Waals surface area contributed by atoms with Crippen LogP contribution in [0.15, 0.2) is 66.9 Å². The SMILES string of the molecule is O=C1CCC(c2cccc(-c3ccc(N4C=CC=CC4O)cc3)n2)C(=O)N1. The van der Waals surface area contributed by atoms with E-state index in [0.29, 0.717) is 18.5 Å². The van der Waals surface area contributed by atoms with E-state index in [9.17, 15) is 14.7 Å². The summed E-state index contributed by atoms with van der Waals surface area (Å²) >= 11 is 0. The number of allylic oxidation sites excluding steroid dienone is 2. The molecular formula is C21H19N3O3. The van der Waals surface area contributed by atoms with Crippen molar-refractivity contribution in [3.63, 3.8) is 0 Å². The molecule has 2 aromatic rings. The van der Waals surface area contributed by atoms with Crippen molar-refractivity contribution in [1.82, 2.24) is 10.3 Å². The zero-order valence-corrected chi connectivity index (χ0v) is 14.6. The molecule has 0 bridgehead atoms. The average molecular weight is 361 g/mol. The van der Waals surface area contributed by atoms with E-state index in [1.807, 2.05) is 54.7 Å². The third-order valence-electron chi connectivity index (χ3n) is 4.75. The fraction of sp³-hybridized carbons (Fsp3) is 0.190. The fourth-order valence-corrected chi connectivity index (χ4v) is 3.31. The molecule has 1 aromatic carbocycles. The van der Waals surface area contributed by atoms with Gasteiger partial charge in [-0.2, -0.15) is 0 Å².